The Labute approximate surface area is 203 Å². The maximum Gasteiger partial charge on any atom is 0.269 e. The van der Waals surface area contributed by atoms with Crippen LogP contribution in [0.5, 0.6) is 0 Å². The number of Topliss-reactive ketones (excluding diaryl/α,β-unsaturated/α-hetero) is 1. The first-order valence-corrected chi connectivity index (χ1v) is 11.7. The van der Waals surface area contributed by atoms with Gasteiger partial charge >= 0.3 is 0 Å². The molecule has 0 unspecified atom stereocenters. The van der Waals surface area contributed by atoms with Gasteiger partial charge in [0.25, 0.3) is 5.91 Å². The van der Waals surface area contributed by atoms with E-state index < -0.39 is 0 Å². The molecule has 0 aliphatic carbocycles. The standard InChI is InChI=1S/C26H27N7O2/c1-27-26(35)23-4-3-17(12-29-23)25(34)11-21-9-18-10-24(30-14-19(18)13-28-21)20-15-31-33(16-20)22-5-7-32(2)8-6-22/h3-4,9-10,12-16,22H,5-8,11H2,1-2H3,(H,27,35). The molecule has 1 amide bonds. The van der Waals surface area contributed by atoms with Crippen LogP contribution in [0.4, 0.5) is 0 Å². The molecule has 0 aromatic carbocycles. The highest BCUT2D eigenvalue weighted by Gasteiger charge is 2.19. The molecule has 4 aromatic heterocycles. The average Bonchev–Trinajstić information content (AvgIpc) is 3.38. The fourth-order valence-electron chi connectivity index (χ4n) is 4.36. The molecular weight excluding hydrogens is 442 g/mol. The Hall–Kier alpha value is -3.98. The van der Waals surface area contributed by atoms with Gasteiger partial charge in [0, 0.05) is 54.0 Å². The van der Waals surface area contributed by atoms with Gasteiger partial charge < -0.3 is 10.2 Å². The third kappa shape index (κ3) is 4.95. The van der Waals surface area contributed by atoms with Gasteiger partial charge in [-0.15, -0.1) is 0 Å². The number of hydrogen-bond donors (Lipinski definition) is 1. The van der Waals surface area contributed by atoms with E-state index in [9.17, 15) is 9.59 Å². The third-order valence-electron chi connectivity index (χ3n) is 6.51. The Morgan fingerprint density at radius 2 is 1.80 bits per heavy atom. The van der Waals surface area contributed by atoms with E-state index in [1.807, 2.05) is 18.3 Å². The second-order valence-electron chi connectivity index (χ2n) is 8.95. The zero-order valence-corrected chi connectivity index (χ0v) is 19.8. The summed E-state index contributed by atoms with van der Waals surface area (Å²) in [5.74, 6) is -0.400. The first-order chi connectivity index (χ1) is 17.0. The highest BCUT2D eigenvalue weighted by atomic mass is 16.1. The number of ketones is 1. The fourth-order valence-corrected chi connectivity index (χ4v) is 4.36. The number of amides is 1. The Morgan fingerprint density at radius 1 is 1.00 bits per heavy atom. The van der Waals surface area contributed by atoms with Crippen molar-refractivity contribution in [2.75, 3.05) is 27.2 Å². The van der Waals surface area contributed by atoms with E-state index in [-0.39, 0.29) is 23.8 Å². The summed E-state index contributed by atoms with van der Waals surface area (Å²) < 4.78 is 2.06. The van der Waals surface area contributed by atoms with Crippen LogP contribution in [0.1, 0.15) is 45.4 Å². The molecule has 9 heteroatoms. The van der Waals surface area contributed by atoms with Crippen molar-refractivity contribution in [2.45, 2.75) is 25.3 Å². The van der Waals surface area contributed by atoms with Gasteiger partial charge in [-0.1, -0.05) is 0 Å². The molecule has 5 heterocycles. The van der Waals surface area contributed by atoms with Crippen molar-refractivity contribution in [3.8, 4) is 11.3 Å². The summed E-state index contributed by atoms with van der Waals surface area (Å²) in [4.78, 5) is 39.9. The van der Waals surface area contributed by atoms with Crippen LogP contribution in [-0.4, -0.2) is 68.5 Å². The van der Waals surface area contributed by atoms with Crippen molar-refractivity contribution < 1.29 is 9.59 Å². The number of likely N-dealkylation sites (tertiary alicyclic amines) is 1. The molecular formula is C26H27N7O2. The van der Waals surface area contributed by atoms with Gasteiger partial charge in [-0.2, -0.15) is 5.10 Å². The minimum atomic E-state index is -0.290. The summed E-state index contributed by atoms with van der Waals surface area (Å²) in [6.45, 7) is 2.16. The van der Waals surface area contributed by atoms with E-state index in [0.29, 0.717) is 17.3 Å². The van der Waals surface area contributed by atoms with E-state index >= 15 is 0 Å². The molecule has 1 saturated heterocycles. The van der Waals surface area contributed by atoms with Crippen molar-refractivity contribution in [3.05, 3.63) is 72.2 Å². The smallest absolute Gasteiger partial charge is 0.269 e. The van der Waals surface area contributed by atoms with E-state index in [1.54, 1.807) is 24.5 Å². The van der Waals surface area contributed by atoms with Gasteiger partial charge in [0.2, 0.25) is 0 Å². The molecule has 0 spiro atoms. The van der Waals surface area contributed by atoms with Crippen LogP contribution in [0.25, 0.3) is 22.0 Å². The monoisotopic (exact) mass is 469 g/mol. The molecule has 0 bridgehead atoms. The Bertz CT molecular complexity index is 1370. The van der Waals surface area contributed by atoms with Crippen LogP contribution < -0.4 is 5.32 Å². The second kappa shape index (κ2) is 9.71. The maximum atomic E-state index is 12.8. The summed E-state index contributed by atoms with van der Waals surface area (Å²) in [5.41, 5.74) is 3.19. The van der Waals surface area contributed by atoms with Crippen LogP contribution >= 0.6 is 0 Å². The Kier molecular flexibility index (Phi) is 6.33. The van der Waals surface area contributed by atoms with Gasteiger partial charge in [0.15, 0.2) is 5.78 Å². The maximum absolute atomic E-state index is 12.8. The van der Waals surface area contributed by atoms with Crippen LogP contribution in [0.3, 0.4) is 0 Å². The lowest BCUT2D eigenvalue weighted by atomic mass is 10.1. The van der Waals surface area contributed by atoms with E-state index in [2.05, 4.69) is 48.2 Å². The number of fused-ring (bicyclic) bond motifs is 1. The summed E-state index contributed by atoms with van der Waals surface area (Å²) >= 11 is 0. The first kappa shape index (κ1) is 22.8. The van der Waals surface area contributed by atoms with Gasteiger partial charge in [0.1, 0.15) is 5.69 Å². The second-order valence-corrected chi connectivity index (χ2v) is 8.95. The molecule has 1 fully saturated rings. The normalized spacial score (nSPS) is 14.8. The number of pyridine rings is 3. The number of carbonyl (C=O) groups is 2. The van der Waals surface area contributed by atoms with Gasteiger partial charge in [-0.05, 0) is 62.6 Å². The minimum absolute atomic E-state index is 0.110. The highest BCUT2D eigenvalue weighted by Crippen LogP contribution is 2.26. The molecule has 0 radical (unpaired) electrons. The van der Waals surface area contributed by atoms with Gasteiger partial charge in [-0.25, -0.2) is 0 Å². The SMILES string of the molecule is CNC(=O)c1ccc(C(=O)Cc2cc3cc(-c4cnn(C5CCN(C)CC5)c4)ncc3cn2)cn1. The summed E-state index contributed by atoms with van der Waals surface area (Å²) in [6, 6.07) is 7.52. The lowest BCUT2D eigenvalue weighted by molar-refractivity contribution is 0.0953. The van der Waals surface area contributed by atoms with Crippen molar-refractivity contribution in [3.63, 3.8) is 0 Å². The predicted octanol–water partition coefficient (Wildman–Crippen LogP) is 2.94. The fraction of sp³-hybridized carbons (Fsp3) is 0.308. The molecule has 5 rings (SSSR count). The summed E-state index contributed by atoms with van der Waals surface area (Å²) in [7, 11) is 3.69. The lowest BCUT2D eigenvalue weighted by Gasteiger charge is -2.28. The first-order valence-electron chi connectivity index (χ1n) is 11.7. The topological polar surface area (TPSA) is 106 Å². The molecule has 0 saturated carbocycles. The molecule has 178 valence electrons. The van der Waals surface area contributed by atoms with E-state index in [4.69, 9.17) is 0 Å². The Balaban J connectivity index is 1.33. The molecule has 1 aliphatic heterocycles. The Morgan fingerprint density at radius 3 is 2.54 bits per heavy atom. The largest absolute Gasteiger partial charge is 0.354 e. The van der Waals surface area contributed by atoms with Crippen LogP contribution in [0, 0.1) is 0 Å². The number of hydrogen-bond acceptors (Lipinski definition) is 7. The number of piperidine rings is 1. The van der Waals surface area contributed by atoms with Crippen molar-refractivity contribution >= 4 is 22.5 Å². The third-order valence-corrected chi connectivity index (χ3v) is 6.51. The van der Waals surface area contributed by atoms with Crippen LogP contribution in [0.15, 0.2) is 55.2 Å². The molecule has 1 aliphatic rings. The summed E-state index contributed by atoms with van der Waals surface area (Å²) in [6.07, 6.45) is 11.2. The van der Waals surface area contributed by atoms with Crippen molar-refractivity contribution in [1.82, 2.24) is 34.9 Å². The van der Waals surface area contributed by atoms with Crippen LogP contribution in [-0.2, 0) is 6.42 Å². The van der Waals surface area contributed by atoms with E-state index in [0.717, 1.165) is 48.0 Å². The average molecular weight is 470 g/mol. The number of aromatic nitrogens is 5. The van der Waals surface area contributed by atoms with Crippen molar-refractivity contribution in [2.24, 2.45) is 0 Å². The molecule has 9 nitrogen and oxygen atoms in total. The zero-order chi connectivity index (χ0) is 24.4. The minimum Gasteiger partial charge on any atom is -0.354 e. The number of nitrogens with one attached hydrogen (secondary N) is 1. The van der Waals surface area contributed by atoms with Gasteiger partial charge in [0.05, 0.1) is 24.4 Å². The number of rotatable bonds is 6. The highest BCUT2D eigenvalue weighted by molar-refractivity contribution is 5.98. The molecule has 35 heavy (non-hydrogen) atoms. The van der Waals surface area contributed by atoms with Crippen LogP contribution in [0.2, 0.25) is 0 Å². The number of carbonyl (C=O) groups excluding carboxylic acids is 2. The summed E-state index contributed by atoms with van der Waals surface area (Å²) in [5, 5.41) is 8.99. The van der Waals surface area contributed by atoms with Crippen molar-refractivity contribution in [1.29, 1.82) is 0 Å². The predicted molar refractivity (Wildman–Crippen MR) is 132 cm³/mol. The molecule has 0 atom stereocenters. The van der Waals surface area contributed by atoms with E-state index in [1.165, 1.54) is 13.2 Å². The zero-order valence-electron chi connectivity index (χ0n) is 19.8. The molecule has 1 N–H and O–H groups in total. The quantitative estimate of drug-likeness (QED) is 0.433. The molecule has 4 aromatic rings. The lowest BCUT2D eigenvalue weighted by Crippen LogP contribution is -2.31. The van der Waals surface area contributed by atoms with Gasteiger partial charge in [-0.3, -0.25) is 29.2 Å². The number of nitrogens with zero attached hydrogens (tertiary/aromatic N) is 6.